The van der Waals surface area contributed by atoms with Gasteiger partial charge in [-0.15, -0.1) is 0 Å². The lowest BCUT2D eigenvalue weighted by atomic mass is 9.85. The molecule has 2 aliphatic rings. The topological polar surface area (TPSA) is 34.3 Å². The molecule has 5 heteroatoms. The van der Waals surface area contributed by atoms with E-state index in [1.165, 1.54) is 0 Å². The number of hydrogen-bond donors (Lipinski definition) is 0. The first-order chi connectivity index (χ1) is 7.24. The van der Waals surface area contributed by atoms with Crippen molar-refractivity contribution >= 4 is 31.9 Å². The molecule has 0 saturated carbocycles. The molecule has 0 bridgehead atoms. The minimum Gasteiger partial charge on any atom is -0.375 e. The first kappa shape index (κ1) is 13.3. The van der Waals surface area contributed by atoms with E-state index in [9.17, 15) is 0 Å². The Morgan fingerprint density at radius 1 is 1.38 bits per heavy atom. The minimum atomic E-state index is -0.412. The quantitative estimate of drug-likeness (QED) is 0.560. The number of hydrogen-bond acceptors (Lipinski definition) is 3. The molecule has 2 fully saturated rings. The standard InChI is InChI=1S/C11H18Br2O3/c1-9(2,3)6-10(11(12,13)16-10)7-14-4-8-5-15-8/h8H,4-7H2,1-3H3. The van der Waals surface area contributed by atoms with E-state index in [2.05, 4.69) is 52.6 Å². The highest BCUT2D eigenvalue weighted by Crippen LogP contribution is 2.61. The summed E-state index contributed by atoms with van der Waals surface area (Å²) in [6.45, 7) is 8.72. The second-order valence-corrected chi connectivity index (χ2v) is 9.12. The number of halogens is 2. The smallest absolute Gasteiger partial charge is 0.210 e. The molecule has 2 aliphatic heterocycles. The molecule has 0 aromatic rings. The van der Waals surface area contributed by atoms with Gasteiger partial charge in [-0.25, -0.2) is 0 Å². The predicted molar refractivity (Wildman–Crippen MR) is 69.0 cm³/mol. The van der Waals surface area contributed by atoms with Gasteiger partial charge in [-0.1, -0.05) is 20.8 Å². The fourth-order valence-corrected chi connectivity index (χ4v) is 3.03. The molecule has 0 spiro atoms. The zero-order valence-electron chi connectivity index (χ0n) is 9.89. The average molecular weight is 358 g/mol. The van der Waals surface area contributed by atoms with Crippen LogP contribution in [0.2, 0.25) is 0 Å². The minimum absolute atomic E-state index is 0.211. The largest absolute Gasteiger partial charge is 0.375 e. The fraction of sp³-hybridized carbons (Fsp3) is 1.00. The molecule has 2 atom stereocenters. The molecule has 2 unspecified atom stereocenters. The van der Waals surface area contributed by atoms with Crippen LogP contribution < -0.4 is 0 Å². The first-order valence-electron chi connectivity index (χ1n) is 5.52. The van der Waals surface area contributed by atoms with Crippen LogP contribution in [0.3, 0.4) is 0 Å². The summed E-state index contributed by atoms with van der Waals surface area (Å²) in [6.07, 6.45) is 1.26. The molecule has 0 N–H and O–H groups in total. The Kier molecular flexibility index (Phi) is 3.48. The number of ether oxygens (including phenoxy) is 3. The van der Waals surface area contributed by atoms with Gasteiger partial charge in [0.05, 0.1) is 19.8 Å². The molecule has 0 aromatic carbocycles. The Labute approximate surface area is 113 Å². The van der Waals surface area contributed by atoms with E-state index >= 15 is 0 Å². The van der Waals surface area contributed by atoms with Crippen LogP contribution in [0.15, 0.2) is 0 Å². The molecule has 0 amide bonds. The first-order valence-corrected chi connectivity index (χ1v) is 7.10. The third-order valence-corrected chi connectivity index (χ3v) is 4.44. The number of alkyl halides is 2. The molecular weight excluding hydrogens is 340 g/mol. The predicted octanol–water partition coefficient (Wildman–Crippen LogP) is 3.05. The van der Waals surface area contributed by atoms with Gasteiger partial charge in [-0.05, 0) is 43.7 Å². The summed E-state index contributed by atoms with van der Waals surface area (Å²) in [5.41, 5.74) is -0.0388. The zero-order chi connectivity index (χ0) is 12.0. The van der Waals surface area contributed by atoms with Crippen LogP contribution in [-0.2, 0) is 14.2 Å². The lowest BCUT2D eigenvalue weighted by Crippen LogP contribution is -2.30. The van der Waals surface area contributed by atoms with Crippen molar-refractivity contribution in [3.8, 4) is 0 Å². The van der Waals surface area contributed by atoms with Gasteiger partial charge in [0, 0.05) is 0 Å². The molecule has 16 heavy (non-hydrogen) atoms. The molecule has 0 aliphatic carbocycles. The highest BCUT2D eigenvalue weighted by Gasteiger charge is 2.68. The summed E-state index contributed by atoms with van der Waals surface area (Å²) in [4.78, 5) is 0. The van der Waals surface area contributed by atoms with Crippen LogP contribution in [-0.4, -0.2) is 34.9 Å². The van der Waals surface area contributed by atoms with Crippen LogP contribution in [0.25, 0.3) is 0 Å². The van der Waals surface area contributed by atoms with Crippen LogP contribution in [0.4, 0.5) is 0 Å². The highest BCUT2D eigenvalue weighted by molar-refractivity contribution is 9.25. The summed E-state index contributed by atoms with van der Waals surface area (Å²) in [7, 11) is 0. The summed E-state index contributed by atoms with van der Waals surface area (Å²) >= 11 is 7.06. The highest BCUT2D eigenvalue weighted by atomic mass is 79.9. The maximum absolute atomic E-state index is 5.74. The van der Waals surface area contributed by atoms with E-state index in [0.717, 1.165) is 13.0 Å². The van der Waals surface area contributed by atoms with Crippen LogP contribution in [0, 0.1) is 5.41 Å². The molecule has 94 valence electrons. The Morgan fingerprint density at radius 3 is 2.31 bits per heavy atom. The number of epoxide rings is 2. The second kappa shape index (κ2) is 4.19. The van der Waals surface area contributed by atoms with E-state index in [-0.39, 0.29) is 11.0 Å². The van der Waals surface area contributed by atoms with E-state index < -0.39 is 3.42 Å². The lowest BCUT2D eigenvalue weighted by molar-refractivity contribution is 0.0517. The van der Waals surface area contributed by atoms with Gasteiger partial charge < -0.3 is 14.2 Å². The summed E-state index contributed by atoms with van der Waals surface area (Å²) < 4.78 is 16.1. The summed E-state index contributed by atoms with van der Waals surface area (Å²) in [5, 5.41) is 0. The van der Waals surface area contributed by atoms with Crippen molar-refractivity contribution in [1.82, 2.24) is 0 Å². The van der Waals surface area contributed by atoms with Crippen molar-refractivity contribution in [3.63, 3.8) is 0 Å². The fourth-order valence-electron chi connectivity index (χ4n) is 1.90. The molecule has 2 heterocycles. The lowest BCUT2D eigenvalue weighted by Gasteiger charge is -2.24. The van der Waals surface area contributed by atoms with Crippen molar-refractivity contribution in [2.45, 2.75) is 42.3 Å². The summed E-state index contributed by atoms with van der Waals surface area (Å²) in [5.74, 6) is 0. The Hall–Kier alpha value is 0.840. The van der Waals surface area contributed by atoms with Crippen LogP contribution >= 0.6 is 31.9 Å². The van der Waals surface area contributed by atoms with E-state index in [1.807, 2.05) is 0 Å². The molecule has 0 radical (unpaired) electrons. The number of rotatable bonds is 5. The average Bonchev–Trinajstić information content (AvgIpc) is 2.90. The third kappa shape index (κ3) is 3.19. The van der Waals surface area contributed by atoms with Crippen molar-refractivity contribution < 1.29 is 14.2 Å². The normalized spacial score (nSPS) is 36.2. The Bertz CT molecular complexity index is 271. The maximum Gasteiger partial charge on any atom is 0.210 e. The SMILES string of the molecule is CC(C)(C)CC1(COCC2CO2)OC1(Br)Br. The third-order valence-electron chi connectivity index (χ3n) is 2.67. The van der Waals surface area contributed by atoms with Gasteiger partial charge in [0.25, 0.3) is 0 Å². The second-order valence-electron chi connectivity index (χ2n) is 5.82. The van der Waals surface area contributed by atoms with Crippen LogP contribution in [0.5, 0.6) is 0 Å². The molecule has 2 rings (SSSR count). The Balaban J connectivity index is 1.84. The van der Waals surface area contributed by atoms with Crippen molar-refractivity contribution in [3.05, 3.63) is 0 Å². The zero-order valence-corrected chi connectivity index (χ0v) is 13.1. The van der Waals surface area contributed by atoms with Gasteiger partial charge in [0.2, 0.25) is 3.42 Å². The molecular formula is C11H18Br2O3. The molecule has 3 nitrogen and oxygen atoms in total. The van der Waals surface area contributed by atoms with Gasteiger partial charge in [-0.2, -0.15) is 0 Å². The van der Waals surface area contributed by atoms with Crippen molar-refractivity contribution in [1.29, 1.82) is 0 Å². The van der Waals surface area contributed by atoms with Gasteiger partial charge in [0.15, 0.2) is 0 Å². The summed E-state index contributed by atoms with van der Waals surface area (Å²) in [6, 6.07) is 0. The van der Waals surface area contributed by atoms with Gasteiger partial charge in [0.1, 0.15) is 11.7 Å². The Morgan fingerprint density at radius 2 is 1.94 bits per heavy atom. The monoisotopic (exact) mass is 356 g/mol. The van der Waals surface area contributed by atoms with E-state index in [0.29, 0.717) is 19.3 Å². The molecule has 0 aromatic heterocycles. The van der Waals surface area contributed by atoms with E-state index in [4.69, 9.17) is 14.2 Å². The molecule has 2 saturated heterocycles. The van der Waals surface area contributed by atoms with Crippen molar-refractivity contribution in [2.24, 2.45) is 5.41 Å². The van der Waals surface area contributed by atoms with E-state index in [1.54, 1.807) is 0 Å². The van der Waals surface area contributed by atoms with Gasteiger partial charge in [-0.3, -0.25) is 0 Å². The van der Waals surface area contributed by atoms with Crippen LogP contribution in [0.1, 0.15) is 27.2 Å². The maximum atomic E-state index is 5.74. The van der Waals surface area contributed by atoms with Crippen molar-refractivity contribution in [2.75, 3.05) is 19.8 Å². The van der Waals surface area contributed by atoms with Gasteiger partial charge >= 0.3 is 0 Å².